The molecular weight excluding hydrogens is 330 g/mol. The van der Waals surface area contributed by atoms with Crippen LogP contribution in [0, 0.1) is 0 Å². The highest BCUT2D eigenvalue weighted by molar-refractivity contribution is 5.93. The van der Waals surface area contributed by atoms with Crippen molar-refractivity contribution in [1.29, 1.82) is 0 Å². The minimum atomic E-state index is -0.681. The Balaban J connectivity index is 2.26. The van der Waals surface area contributed by atoms with Crippen LogP contribution >= 0.6 is 0 Å². The lowest BCUT2D eigenvalue weighted by molar-refractivity contribution is -0.124. The molecule has 1 aromatic carbocycles. The summed E-state index contributed by atoms with van der Waals surface area (Å²) < 4.78 is 7.13. The van der Waals surface area contributed by atoms with Gasteiger partial charge in [0, 0.05) is 32.9 Å². The van der Waals surface area contributed by atoms with E-state index in [9.17, 15) is 9.59 Å². The number of hydrogen-bond donors (Lipinski definition) is 0. The zero-order valence-corrected chi connectivity index (χ0v) is 16.0. The molecule has 0 fully saturated rings. The molecule has 140 valence electrons. The average molecular weight is 357 g/mol. The summed E-state index contributed by atoms with van der Waals surface area (Å²) in [6.07, 6.45) is 3.45. The van der Waals surface area contributed by atoms with Gasteiger partial charge in [0.15, 0.2) is 0 Å². The molecule has 0 N–H and O–H groups in total. The first kappa shape index (κ1) is 19.6. The van der Waals surface area contributed by atoms with Gasteiger partial charge in [0.25, 0.3) is 5.91 Å². The average Bonchev–Trinajstić information content (AvgIpc) is 3.11. The zero-order chi connectivity index (χ0) is 19.3. The molecule has 6 heteroatoms. The Labute approximate surface area is 154 Å². The van der Waals surface area contributed by atoms with Gasteiger partial charge in [-0.1, -0.05) is 30.3 Å². The standard InChI is InChI=1S/C20H27N3O3/c1-20(2,3)26-19(25)21(4)17(15-16-11-7-6-8-12-16)18(24)22(5)23-13-9-10-14-23/h6-14,17H,15H2,1-5H3/t17-/m1/s1. The Morgan fingerprint density at radius 1 is 1.04 bits per heavy atom. The summed E-state index contributed by atoms with van der Waals surface area (Å²) in [5, 5.41) is 1.49. The molecule has 0 saturated carbocycles. The third-order valence-electron chi connectivity index (χ3n) is 3.96. The number of likely N-dealkylation sites (N-methyl/N-ethyl adjacent to an activating group) is 2. The van der Waals surface area contributed by atoms with E-state index in [2.05, 4.69) is 0 Å². The second kappa shape index (κ2) is 8.08. The van der Waals surface area contributed by atoms with Crippen molar-refractivity contribution >= 4 is 12.0 Å². The lowest BCUT2D eigenvalue weighted by Gasteiger charge is -2.32. The molecule has 2 amide bonds. The molecular formula is C20H27N3O3. The first-order valence-corrected chi connectivity index (χ1v) is 8.59. The van der Waals surface area contributed by atoms with E-state index in [4.69, 9.17) is 4.74 Å². The van der Waals surface area contributed by atoms with Crippen molar-refractivity contribution in [3.05, 3.63) is 60.4 Å². The van der Waals surface area contributed by atoms with Gasteiger partial charge in [-0.05, 0) is 38.5 Å². The van der Waals surface area contributed by atoms with Crippen LogP contribution in [0.5, 0.6) is 0 Å². The molecule has 0 aliphatic rings. The summed E-state index contributed by atoms with van der Waals surface area (Å²) in [4.78, 5) is 27.0. The van der Waals surface area contributed by atoms with Gasteiger partial charge in [0.05, 0.1) is 0 Å². The number of ether oxygens (including phenoxy) is 1. The fourth-order valence-corrected chi connectivity index (χ4v) is 2.54. The van der Waals surface area contributed by atoms with E-state index in [0.29, 0.717) is 6.42 Å². The normalized spacial score (nSPS) is 12.3. The fraction of sp³-hybridized carbons (Fsp3) is 0.400. The smallest absolute Gasteiger partial charge is 0.410 e. The number of carbonyl (C=O) groups is 2. The minimum Gasteiger partial charge on any atom is -0.444 e. The van der Waals surface area contributed by atoms with E-state index < -0.39 is 17.7 Å². The van der Waals surface area contributed by atoms with Crippen LogP contribution in [0.3, 0.4) is 0 Å². The summed E-state index contributed by atoms with van der Waals surface area (Å²) in [5.74, 6) is -0.196. The first-order valence-electron chi connectivity index (χ1n) is 8.59. The molecule has 0 aliphatic heterocycles. The second-order valence-corrected chi connectivity index (χ2v) is 7.22. The van der Waals surface area contributed by atoms with E-state index >= 15 is 0 Å². The van der Waals surface area contributed by atoms with Crippen LogP contribution in [0.2, 0.25) is 0 Å². The van der Waals surface area contributed by atoms with Gasteiger partial charge in [-0.3, -0.25) is 19.4 Å². The number of carbonyl (C=O) groups excluding carboxylic acids is 2. The third-order valence-corrected chi connectivity index (χ3v) is 3.96. The van der Waals surface area contributed by atoms with Crippen molar-refractivity contribution in [2.45, 2.75) is 38.8 Å². The van der Waals surface area contributed by atoms with E-state index in [1.165, 1.54) is 9.91 Å². The highest BCUT2D eigenvalue weighted by atomic mass is 16.6. The molecule has 2 aromatic rings. The quantitative estimate of drug-likeness (QED) is 0.826. The predicted octanol–water partition coefficient (Wildman–Crippen LogP) is 3.06. The Morgan fingerprint density at radius 3 is 2.15 bits per heavy atom. The van der Waals surface area contributed by atoms with Crippen LogP contribution in [0.25, 0.3) is 0 Å². The molecule has 1 atom stereocenters. The molecule has 0 aliphatic carbocycles. The number of nitrogens with zero attached hydrogens (tertiary/aromatic N) is 3. The van der Waals surface area contributed by atoms with Crippen molar-refractivity contribution in [3.63, 3.8) is 0 Å². The molecule has 26 heavy (non-hydrogen) atoms. The maximum Gasteiger partial charge on any atom is 0.410 e. The van der Waals surface area contributed by atoms with Gasteiger partial charge in [0.2, 0.25) is 0 Å². The van der Waals surface area contributed by atoms with Crippen molar-refractivity contribution in [2.75, 3.05) is 19.1 Å². The van der Waals surface area contributed by atoms with Crippen molar-refractivity contribution in [2.24, 2.45) is 0 Å². The number of amides is 2. The largest absolute Gasteiger partial charge is 0.444 e. The van der Waals surface area contributed by atoms with E-state index in [1.807, 2.05) is 42.5 Å². The third kappa shape index (κ3) is 5.12. The fourth-order valence-electron chi connectivity index (χ4n) is 2.54. The zero-order valence-electron chi connectivity index (χ0n) is 16.0. The van der Waals surface area contributed by atoms with E-state index in [-0.39, 0.29) is 5.91 Å². The van der Waals surface area contributed by atoms with Crippen molar-refractivity contribution in [1.82, 2.24) is 9.58 Å². The molecule has 0 bridgehead atoms. The Kier molecular flexibility index (Phi) is 6.08. The summed E-state index contributed by atoms with van der Waals surface area (Å²) in [6, 6.07) is 12.6. The maximum absolute atomic E-state index is 13.1. The van der Waals surface area contributed by atoms with Crippen LogP contribution in [0.1, 0.15) is 26.3 Å². The number of hydrogen-bond acceptors (Lipinski definition) is 3. The van der Waals surface area contributed by atoms with Crippen LogP contribution in [0.15, 0.2) is 54.9 Å². The Hall–Kier alpha value is -2.76. The number of benzene rings is 1. The van der Waals surface area contributed by atoms with Gasteiger partial charge in [-0.2, -0.15) is 0 Å². The Morgan fingerprint density at radius 2 is 1.62 bits per heavy atom. The van der Waals surface area contributed by atoms with E-state index in [1.54, 1.807) is 51.9 Å². The van der Waals surface area contributed by atoms with Gasteiger partial charge < -0.3 is 4.74 Å². The molecule has 6 nitrogen and oxygen atoms in total. The maximum atomic E-state index is 13.1. The Bertz CT molecular complexity index is 721. The molecule has 0 saturated heterocycles. The van der Waals surface area contributed by atoms with E-state index in [0.717, 1.165) is 5.56 Å². The van der Waals surface area contributed by atoms with Crippen molar-refractivity contribution in [3.8, 4) is 0 Å². The summed E-state index contributed by atoms with van der Waals surface area (Å²) in [6.45, 7) is 5.41. The molecule has 0 spiro atoms. The highest BCUT2D eigenvalue weighted by Crippen LogP contribution is 2.15. The molecule has 0 unspecified atom stereocenters. The first-order chi connectivity index (χ1) is 12.2. The molecule has 1 heterocycles. The lowest BCUT2D eigenvalue weighted by atomic mass is 10.0. The lowest BCUT2D eigenvalue weighted by Crippen LogP contribution is -2.53. The second-order valence-electron chi connectivity index (χ2n) is 7.22. The van der Waals surface area contributed by atoms with Crippen LogP contribution in [0.4, 0.5) is 4.79 Å². The summed E-state index contributed by atoms with van der Waals surface area (Å²) in [5.41, 5.74) is 0.347. The number of rotatable bonds is 5. The van der Waals surface area contributed by atoms with Gasteiger partial charge >= 0.3 is 6.09 Å². The van der Waals surface area contributed by atoms with Crippen LogP contribution < -0.4 is 5.01 Å². The van der Waals surface area contributed by atoms with Gasteiger partial charge in [0.1, 0.15) is 11.6 Å². The topological polar surface area (TPSA) is 54.8 Å². The highest BCUT2D eigenvalue weighted by Gasteiger charge is 2.32. The van der Waals surface area contributed by atoms with Crippen LogP contribution in [-0.4, -0.2) is 47.3 Å². The number of aromatic nitrogens is 1. The van der Waals surface area contributed by atoms with Gasteiger partial charge in [-0.15, -0.1) is 0 Å². The summed E-state index contributed by atoms with van der Waals surface area (Å²) >= 11 is 0. The minimum absolute atomic E-state index is 0.196. The monoisotopic (exact) mass is 357 g/mol. The summed E-state index contributed by atoms with van der Waals surface area (Å²) in [7, 11) is 3.28. The van der Waals surface area contributed by atoms with Crippen molar-refractivity contribution < 1.29 is 14.3 Å². The molecule has 1 aromatic heterocycles. The van der Waals surface area contributed by atoms with Crippen LogP contribution in [-0.2, 0) is 16.0 Å². The van der Waals surface area contributed by atoms with Gasteiger partial charge in [-0.25, -0.2) is 4.79 Å². The molecule has 0 radical (unpaired) electrons. The SMILES string of the molecule is CN(C(=O)OC(C)(C)C)[C@H](Cc1ccccc1)C(=O)N(C)n1cccc1. The molecule has 2 rings (SSSR count). The predicted molar refractivity (Wildman–Crippen MR) is 102 cm³/mol.